The van der Waals surface area contributed by atoms with E-state index in [2.05, 4.69) is 33.1 Å². The zero-order valence-corrected chi connectivity index (χ0v) is 43.3. The fraction of sp³-hybridized carbons (Fsp3) is 0.480. The number of aliphatic carboxylic acids is 1. The molecule has 3 unspecified atom stereocenters. The predicted octanol–water partition coefficient (Wildman–Crippen LogP) is 4.15. The molecule has 0 aromatic heterocycles. The highest BCUT2D eigenvalue weighted by molar-refractivity contribution is 7.86. The van der Waals surface area contributed by atoms with Gasteiger partial charge in [0.2, 0.25) is 5.91 Å². The first kappa shape index (κ1) is 58.7. The molecule has 3 aliphatic carbocycles. The average Bonchev–Trinajstić information content (AvgIpc) is 4.02. The van der Waals surface area contributed by atoms with Crippen LogP contribution in [0.4, 0.5) is 10.5 Å². The number of nitrogen functional groups attached to an aromatic ring is 1. The highest BCUT2D eigenvalue weighted by Crippen LogP contribution is 2.53. The van der Waals surface area contributed by atoms with E-state index in [1.54, 1.807) is 0 Å². The van der Waals surface area contributed by atoms with Gasteiger partial charge in [0.15, 0.2) is 21.1 Å². The van der Waals surface area contributed by atoms with Crippen LogP contribution in [-0.2, 0) is 53.5 Å². The highest BCUT2D eigenvalue weighted by Gasteiger charge is 2.49. The number of ether oxygens (including phenoxy) is 5. The second-order valence-electron chi connectivity index (χ2n) is 17.9. The second kappa shape index (κ2) is 27.5. The summed E-state index contributed by atoms with van der Waals surface area (Å²) in [6.07, 6.45) is 9.19. The molecule has 2 aromatic rings. The number of carboxylic acids is 2. The van der Waals surface area contributed by atoms with Crippen molar-refractivity contribution < 1.29 is 88.2 Å². The van der Waals surface area contributed by atoms with E-state index in [1.165, 1.54) is 25.2 Å². The SMILES string of the molecule is CN=c1ccc2c(-c3ccc(C(=O)NC(CCCCNC(=O)CCOCCOCCOCCOCCNC(=O)OCC4C5CC/C=C\CCC54)C(=O)O)cc3C(=O)O)c3ccc(N)c(S(=O)(=O)O)c3oc-2c1S(=O)(=O)O. The normalized spacial score (nSPS) is 17.5. The Morgan fingerprint density at radius 3 is 1.99 bits per heavy atom. The molecule has 1 aliphatic heterocycles. The van der Waals surface area contributed by atoms with Gasteiger partial charge in [0, 0.05) is 48.6 Å². The molecule has 1 fully saturated rings. The van der Waals surface area contributed by atoms with Crippen molar-refractivity contribution >= 4 is 66.7 Å². The number of nitrogens with two attached hydrogens (primary N) is 1. The largest absolute Gasteiger partial charge is 0.480 e. The molecule has 1 heterocycles. The molecule has 26 heteroatoms. The fourth-order valence-corrected chi connectivity index (χ4v) is 10.7. The Morgan fingerprint density at radius 2 is 1.38 bits per heavy atom. The maximum Gasteiger partial charge on any atom is 0.407 e. The van der Waals surface area contributed by atoms with E-state index in [4.69, 9.17) is 33.8 Å². The molecule has 3 atom stereocenters. The quantitative estimate of drug-likeness (QED) is 0.0124. The number of rotatable bonds is 29. The summed E-state index contributed by atoms with van der Waals surface area (Å²) in [6, 6.07) is 6.58. The summed E-state index contributed by atoms with van der Waals surface area (Å²) in [5, 5.41) is 27.6. The van der Waals surface area contributed by atoms with Gasteiger partial charge in [-0.3, -0.25) is 23.7 Å². The first-order valence-corrected chi connectivity index (χ1v) is 27.4. The first-order chi connectivity index (χ1) is 36.3. The Morgan fingerprint density at radius 1 is 0.763 bits per heavy atom. The average molecular weight is 1100 g/mol. The third-order valence-electron chi connectivity index (χ3n) is 12.9. The van der Waals surface area contributed by atoms with Gasteiger partial charge in [-0.05, 0) is 105 Å². The van der Waals surface area contributed by atoms with Crippen LogP contribution in [0.3, 0.4) is 0 Å². The van der Waals surface area contributed by atoms with Crippen molar-refractivity contribution in [1.29, 1.82) is 0 Å². The molecule has 24 nitrogen and oxygen atoms in total. The van der Waals surface area contributed by atoms with E-state index in [0.717, 1.165) is 49.9 Å². The lowest BCUT2D eigenvalue weighted by Crippen LogP contribution is -2.41. The zero-order valence-electron chi connectivity index (χ0n) is 41.7. The molecule has 6 rings (SSSR count). The van der Waals surface area contributed by atoms with Crippen molar-refractivity contribution in [3.8, 4) is 22.5 Å². The van der Waals surface area contributed by atoms with Crippen LogP contribution in [0.5, 0.6) is 0 Å². The molecular weight excluding hydrogens is 1040 g/mol. The van der Waals surface area contributed by atoms with Crippen LogP contribution < -0.4 is 27.0 Å². The van der Waals surface area contributed by atoms with Gasteiger partial charge in [-0.25, -0.2) is 14.4 Å². The lowest BCUT2D eigenvalue weighted by molar-refractivity contribution is -0.139. The molecule has 414 valence electrons. The summed E-state index contributed by atoms with van der Waals surface area (Å²) in [5.41, 5.74) is 3.23. The van der Waals surface area contributed by atoms with Gasteiger partial charge < -0.3 is 60.0 Å². The number of benzene rings is 3. The highest BCUT2D eigenvalue weighted by atomic mass is 32.2. The Labute approximate surface area is 438 Å². The number of amides is 3. The smallest absolute Gasteiger partial charge is 0.407 e. The van der Waals surface area contributed by atoms with Crippen molar-refractivity contribution in [2.75, 3.05) is 85.3 Å². The maximum absolute atomic E-state index is 13.5. The summed E-state index contributed by atoms with van der Waals surface area (Å²) >= 11 is 0. The molecule has 0 radical (unpaired) electrons. The summed E-state index contributed by atoms with van der Waals surface area (Å²) < 4.78 is 104. The third-order valence-corrected chi connectivity index (χ3v) is 14.7. The van der Waals surface area contributed by atoms with Gasteiger partial charge in [-0.1, -0.05) is 18.2 Å². The van der Waals surface area contributed by atoms with Crippen LogP contribution >= 0.6 is 0 Å². The number of anilines is 1. The second-order valence-corrected chi connectivity index (χ2v) is 20.6. The van der Waals surface area contributed by atoms with Crippen LogP contribution in [0, 0.1) is 17.8 Å². The number of fused-ring (bicyclic) bond motifs is 3. The van der Waals surface area contributed by atoms with Gasteiger partial charge in [0.25, 0.3) is 26.1 Å². The maximum atomic E-state index is 13.5. The number of alkyl carbamates (subject to hydrolysis) is 1. The minimum absolute atomic E-state index is 0.0633. The van der Waals surface area contributed by atoms with Gasteiger partial charge in [0.1, 0.15) is 6.04 Å². The number of nitrogens with zero attached hydrogens (tertiary/aromatic N) is 1. The van der Waals surface area contributed by atoms with E-state index in [0.29, 0.717) is 70.4 Å². The van der Waals surface area contributed by atoms with Crippen molar-refractivity contribution in [1.82, 2.24) is 16.0 Å². The number of hydrogen-bond donors (Lipinski definition) is 8. The van der Waals surface area contributed by atoms with Crippen LogP contribution in [-0.4, -0.2) is 152 Å². The van der Waals surface area contributed by atoms with Crippen molar-refractivity contribution in [3.63, 3.8) is 0 Å². The number of nitrogens with one attached hydrogen (secondary N) is 3. The standard InChI is InChI=1S/C50H63N5O19S2/c1-52-39-16-14-35-42(34-13-15-38(51)45(75(63,64)65)43(34)74-44(35)46(39)76(66,67)68)33-12-11-30(28-36(33)48(58)59)47(57)55-40(49(60)61)10-6-7-18-53-41(56)17-20-69-22-24-71-26-27-72-25-23-70-21-19-54-50(62)73-29-37-31-8-4-2-3-5-9-32(31)37/h2-3,11-16,28,31-32,37,40H,4-10,17-27,29,51H2,1H3,(H,53,56)(H,54,62)(H,55,57)(H,58,59)(H,60,61)(H,63,64,65)(H,66,67,68)/b3-2-,52-39?. The van der Waals surface area contributed by atoms with Gasteiger partial charge >= 0.3 is 18.0 Å². The summed E-state index contributed by atoms with van der Waals surface area (Å²) in [6.45, 7) is 3.39. The topological polar surface area (TPSA) is 368 Å². The lowest BCUT2D eigenvalue weighted by Gasteiger charge is -2.20. The number of carbonyl (C=O) groups excluding carboxylic acids is 3. The lowest BCUT2D eigenvalue weighted by atomic mass is 9.89. The molecule has 2 aromatic carbocycles. The van der Waals surface area contributed by atoms with Crippen LogP contribution in [0.15, 0.2) is 73.8 Å². The number of unbranched alkanes of at least 4 members (excludes halogenated alkanes) is 1. The molecule has 0 spiro atoms. The molecule has 76 heavy (non-hydrogen) atoms. The van der Waals surface area contributed by atoms with Gasteiger partial charge in [-0.15, -0.1) is 0 Å². The minimum atomic E-state index is -5.20. The summed E-state index contributed by atoms with van der Waals surface area (Å²) in [7, 11) is -9.18. The molecule has 0 saturated heterocycles. The number of carbonyl (C=O) groups is 5. The molecular formula is C50H63N5O19S2. The third kappa shape index (κ3) is 16.0. The zero-order chi connectivity index (χ0) is 55.0. The molecule has 4 aliphatic rings. The van der Waals surface area contributed by atoms with Gasteiger partial charge in [0.05, 0.1) is 76.1 Å². The summed E-state index contributed by atoms with van der Waals surface area (Å²) in [4.78, 5) is 64.8. The first-order valence-electron chi connectivity index (χ1n) is 24.6. The minimum Gasteiger partial charge on any atom is -0.480 e. The monoisotopic (exact) mass is 1100 g/mol. The summed E-state index contributed by atoms with van der Waals surface area (Å²) in [5.74, 6) is -3.13. The van der Waals surface area contributed by atoms with E-state index < -0.39 is 82.6 Å². The van der Waals surface area contributed by atoms with Crippen LogP contribution in [0.25, 0.3) is 33.4 Å². The van der Waals surface area contributed by atoms with E-state index in [1.807, 2.05) is 0 Å². The number of aromatic carboxylic acids is 1. The fourth-order valence-electron chi connectivity index (χ4n) is 9.14. The Kier molecular flexibility index (Phi) is 21.3. The van der Waals surface area contributed by atoms with Crippen molar-refractivity contribution in [3.05, 3.63) is 71.1 Å². The van der Waals surface area contributed by atoms with Crippen LogP contribution in [0.1, 0.15) is 72.1 Å². The van der Waals surface area contributed by atoms with E-state index >= 15 is 0 Å². The number of allylic oxidation sites excluding steroid dienone is 2. The van der Waals surface area contributed by atoms with Gasteiger partial charge in [-0.2, -0.15) is 16.8 Å². The molecule has 0 bridgehead atoms. The Bertz CT molecular complexity index is 3020. The van der Waals surface area contributed by atoms with Crippen molar-refractivity contribution in [2.45, 2.75) is 67.2 Å². The Hall–Kier alpha value is -6.52. The Balaban J connectivity index is 0.880. The molecule has 3 amide bonds. The van der Waals surface area contributed by atoms with E-state index in [9.17, 15) is 60.1 Å². The van der Waals surface area contributed by atoms with E-state index in [-0.39, 0.29) is 84.5 Å². The number of carboxylic acid groups (broad SMARTS) is 2. The molecule has 9 N–H and O–H groups in total. The predicted molar refractivity (Wildman–Crippen MR) is 272 cm³/mol. The van der Waals surface area contributed by atoms with Crippen LogP contribution in [0.2, 0.25) is 0 Å². The molecule has 1 saturated carbocycles. The number of hydrogen-bond acceptors (Lipinski definition) is 17. The van der Waals surface area contributed by atoms with Crippen molar-refractivity contribution in [2.24, 2.45) is 22.7 Å².